The second-order valence-electron chi connectivity index (χ2n) is 5.80. The predicted molar refractivity (Wildman–Crippen MR) is 94.3 cm³/mol. The summed E-state index contributed by atoms with van der Waals surface area (Å²) in [5.74, 6) is 0.0855. The molecule has 0 bridgehead atoms. The van der Waals surface area contributed by atoms with E-state index in [1.807, 2.05) is 31.2 Å². The maximum Gasteiger partial charge on any atom is 0.220 e. The monoisotopic (exact) mass is 343 g/mol. The molecular weight excluding hydrogens is 321 g/mol. The first-order chi connectivity index (χ1) is 12.0. The third-order valence-corrected chi connectivity index (χ3v) is 3.65. The molecule has 5 heteroatoms. The number of hydrogen-bond acceptors (Lipinski definition) is 3. The molecule has 1 amide bonds. The lowest BCUT2D eigenvalue weighted by atomic mass is 10.1. The van der Waals surface area contributed by atoms with Gasteiger partial charge in [0.2, 0.25) is 5.91 Å². The number of ether oxygens (including phenoxy) is 1. The van der Waals surface area contributed by atoms with Gasteiger partial charge in [-0.1, -0.05) is 12.1 Å². The normalized spacial score (nSPS) is 10.3. The highest BCUT2D eigenvalue weighted by Crippen LogP contribution is 2.12. The molecule has 0 atom stereocenters. The summed E-state index contributed by atoms with van der Waals surface area (Å²) in [6.07, 6.45) is 0.914. The van der Waals surface area contributed by atoms with Crippen molar-refractivity contribution < 1.29 is 18.7 Å². The lowest BCUT2D eigenvalue weighted by Gasteiger charge is -2.08. The summed E-state index contributed by atoms with van der Waals surface area (Å²) >= 11 is 0. The van der Waals surface area contributed by atoms with Gasteiger partial charge in [0, 0.05) is 24.9 Å². The van der Waals surface area contributed by atoms with Gasteiger partial charge >= 0.3 is 0 Å². The van der Waals surface area contributed by atoms with Gasteiger partial charge in [0.1, 0.15) is 11.6 Å². The first kappa shape index (κ1) is 18.6. The van der Waals surface area contributed by atoms with Crippen molar-refractivity contribution in [2.45, 2.75) is 26.2 Å². The van der Waals surface area contributed by atoms with E-state index in [1.54, 1.807) is 0 Å². The molecule has 0 saturated carbocycles. The van der Waals surface area contributed by atoms with Crippen LogP contribution in [0.25, 0.3) is 0 Å². The molecule has 2 aromatic carbocycles. The van der Waals surface area contributed by atoms with Gasteiger partial charge < -0.3 is 10.1 Å². The summed E-state index contributed by atoms with van der Waals surface area (Å²) < 4.78 is 18.4. The zero-order valence-corrected chi connectivity index (χ0v) is 14.3. The molecule has 0 aromatic heterocycles. The number of Topliss-reactive ketones (excluding diaryl/α,β-unsaturated/α-hetero) is 1. The summed E-state index contributed by atoms with van der Waals surface area (Å²) in [4.78, 5) is 23.6. The van der Waals surface area contributed by atoms with E-state index in [1.165, 1.54) is 24.3 Å². The van der Waals surface area contributed by atoms with Crippen LogP contribution in [0.4, 0.5) is 4.39 Å². The van der Waals surface area contributed by atoms with Gasteiger partial charge in [-0.3, -0.25) is 9.59 Å². The lowest BCUT2D eigenvalue weighted by molar-refractivity contribution is -0.121. The number of carbonyl (C=O) groups is 2. The second kappa shape index (κ2) is 9.57. The molecule has 1 N–H and O–H groups in total. The van der Waals surface area contributed by atoms with Crippen molar-refractivity contribution in [1.82, 2.24) is 5.32 Å². The Kier molecular flexibility index (Phi) is 7.14. The van der Waals surface area contributed by atoms with Gasteiger partial charge in [0.05, 0.1) is 6.61 Å². The Hall–Kier alpha value is -2.69. The molecule has 0 fully saturated rings. The first-order valence-corrected chi connectivity index (χ1v) is 8.29. The maximum atomic E-state index is 12.8. The van der Waals surface area contributed by atoms with Crippen molar-refractivity contribution in [2.24, 2.45) is 0 Å². The van der Waals surface area contributed by atoms with Crippen LogP contribution in [0.15, 0.2) is 48.5 Å². The minimum atomic E-state index is -0.387. The second-order valence-corrected chi connectivity index (χ2v) is 5.80. The third-order valence-electron chi connectivity index (χ3n) is 3.65. The van der Waals surface area contributed by atoms with Gasteiger partial charge in [-0.15, -0.1) is 0 Å². The van der Waals surface area contributed by atoms with Crippen LogP contribution in [0.1, 0.15) is 35.2 Å². The SMILES string of the molecule is Cc1cccc(OCCCNC(=O)CCC(=O)c2ccc(F)cc2)c1. The molecular formula is C20H22FNO3. The van der Waals surface area contributed by atoms with Crippen LogP contribution in [0.2, 0.25) is 0 Å². The highest BCUT2D eigenvalue weighted by Gasteiger charge is 2.09. The van der Waals surface area contributed by atoms with E-state index in [-0.39, 0.29) is 30.3 Å². The van der Waals surface area contributed by atoms with E-state index in [0.29, 0.717) is 25.1 Å². The number of benzene rings is 2. The molecule has 4 nitrogen and oxygen atoms in total. The maximum absolute atomic E-state index is 12.8. The largest absolute Gasteiger partial charge is 0.494 e. The minimum absolute atomic E-state index is 0.108. The number of rotatable bonds is 9. The van der Waals surface area contributed by atoms with E-state index in [9.17, 15) is 14.0 Å². The molecule has 0 aliphatic carbocycles. The number of amides is 1. The van der Waals surface area contributed by atoms with Crippen LogP contribution in [0.5, 0.6) is 5.75 Å². The van der Waals surface area contributed by atoms with E-state index in [4.69, 9.17) is 4.74 Å². The number of aryl methyl sites for hydroxylation is 1. The average Bonchev–Trinajstić information content (AvgIpc) is 2.60. The summed E-state index contributed by atoms with van der Waals surface area (Å²) in [5, 5.41) is 2.77. The molecule has 0 aliphatic heterocycles. The number of ketones is 1. The van der Waals surface area contributed by atoms with Crippen LogP contribution in [-0.4, -0.2) is 24.8 Å². The summed E-state index contributed by atoms with van der Waals surface area (Å²) in [6, 6.07) is 13.1. The standard InChI is InChI=1S/C20H22FNO3/c1-15-4-2-5-18(14-15)25-13-3-12-22-20(24)11-10-19(23)16-6-8-17(21)9-7-16/h2,4-9,14H,3,10-13H2,1H3,(H,22,24). The topological polar surface area (TPSA) is 55.4 Å². The lowest BCUT2D eigenvalue weighted by Crippen LogP contribution is -2.25. The average molecular weight is 343 g/mol. The summed E-state index contributed by atoms with van der Waals surface area (Å²) in [7, 11) is 0. The smallest absolute Gasteiger partial charge is 0.220 e. The van der Waals surface area contributed by atoms with Crippen LogP contribution >= 0.6 is 0 Å². The Balaban J connectivity index is 1.59. The number of nitrogens with one attached hydrogen (secondary N) is 1. The third kappa shape index (κ3) is 6.75. The molecule has 0 saturated heterocycles. The molecule has 2 aromatic rings. The fourth-order valence-electron chi connectivity index (χ4n) is 2.29. The molecule has 0 heterocycles. The van der Waals surface area contributed by atoms with E-state index < -0.39 is 0 Å². The Bertz CT molecular complexity index is 713. The zero-order chi connectivity index (χ0) is 18.1. The summed E-state index contributed by atoms with van der Waals surface area (Å²) in [6.45, 7) is 3.01. The Morgan fingerprint density at radius 1 is 1.08 bits per heavy atom. The highest BCUT2D eigenvalue weighted by atomic mass is 19.1. The molecule has 0 aliphatic rings. The fraction of sp³-hybridized carbons (Fsp3) is 0.300. The van der Waals surface area contributed by atoms with Crippen LogP contribution in [-0.2, 0) is 4.79 Å². The van der Waals surface area contributed by atoms with Crippen molar-refractivity contribution in [2.75, 3.05) is 13.2 Å². The molecule has 25 heavy (non-hydrogen) atoms. The molecule has 2 rings (SSSR count). The molecule has 0 unspecified atom stereocenters. The Labute approximate surface area is 147 Å². The summed E-state index contributed by atoms with van der Waals surface area (Å²) in [5.41, 5.74) is 1.55. The van der Waals surface area contributed by atoms with Crippen molar-refractivity contribution in [3.8, 4) is 5.75 Å². The van der Waals surface area contributed by atoms with Crippen LogP contribution in [0, 0.1) is 12.7 Å². The number of carbonyl (C=O) groups excluding carboxylic acids is 2. The van der Waals surface area contributed by atoms with E-state index in [0.717, 1.165) is 11.3 Å². The Morgan fingerprint density at radius 2 is 1.84 bits per heavy atom. The fourth-order valence-corrected chi connectivity index (χ4v) is 2.29. The van der Waals surface area contributed by atoms with E-state index >= 15 is 0 Å². The van der Waals surface area contributed by atoms with Gasteiger partial charge in [0.25, 0.3) is 0 Å². The van der Waals surface area contributed by atoms with E-state index in [2.05, 4.69) is 5.32 Å². The molecule has 0 spiro atoms. The minimum Gasteiger partial charge on any atom is -0.494 e. The molecule has 0 radical (unpaired) electrons. The van der Waals surface area contributed by atoms with Gasteiger partial charge in [-0.25, -0.2) is 4.39 Å². The van der Waals surface area contributed by atoms with Gasteiger partial charge in [-0.2, -0.15) is 0 Å². The zero-order valence-electron chi connectivity index (χ0n) is 14.3. The van der Waals surface area contributed by atoms with Crippen LogP contribution in [0.3, 0.4) is 0 Å². The van der Waals surface area contributed by atoms with Crippen molar-refractivity contribution in [3.63, 3.8) is 0 Å². The quantitative estimate of drug-likeness (QED) is 0.558. The van der Waals surface area contributed by atoms with Crippen LogP contribution < -0.4 is 10.1 Å². The number of halogens is 1. The van der Waals surface area contributed by atoms with Crippen molar-refractivity contribution in [3.05, 3.63) is 65.5 Å². The van der Waals surface area contributed by atoms with Gasteiger partial charge in [0.15, 0.2) is 5.78 Å². The van der Waals surface area contributed by atoms with Crippen molar-refractivity contribution >= 4 is 11.7 Å². The predicted octanol–water partition coefficient (Wildman–Crippen LogP) is 3.68. The highest BCUT2D eigenvalue weighted by molar-refractivity contribution is 5.97. The van der Waals surface area contributed by atoms with Crippen molar-refractivity contribution in [1.29, 1.82) is 0 Å². The number of hydrogen-bond donors (Lipinski definition) is 1. The van der Waals surface area contributed by atoms with Gasteiger partial charge in [-0.05, 0) is 55.3 Å². The molecule has 132 valence electrons. The Morgan fingerprint density at radius 3 is 2.56 bits per heavy atom. The first-order valence-electron chi connectivity index (χ1n) is 8.29.